The number of fused-ring (bicyclic) bond motifs is 1. The fraction of sp³-hybridized carbons (Fsp3) is 0.393. The van der Waals surface area contributed by atoms with Crippen molar-refractivity contribution in [2.24, 2.45) is 13.0 Å². The van der Waals surface area contributed by atoms with Gasteiger partial charge in [0.25, 0.3) is 0 Å². The van der Waals surface area contributed by atoms with Crippen LogP contribution in [0.4, 0.5) is 17.5 Å². The molecule has 3 aromatic heterocycles. The van der Waals surface area contributed by atoms with Crippen LogP contribution in [-0.4, -0.2) is 68.5 Å². The number of carboxylic acid groups (broad SMARTS) is 1. The van der Waals surface area contributed by atoms with Gasteiger partial charge in [-0.1, -0.05) is 26.0 Å². The zero-order valence-electron chi connectivity index (χ0n) is 24.3. The van der Waals surface area contributed by atoms with Crippen molar-refractivity contribution >= 4 is 44.6 Å². The van der Waals surface area contributed by atoms with Gasteiger partial charge in [0.15, 0.2) is 11.5 Å². The number of carboxylic acids is 1. The number of aryl methyl sites for hydroxylation is 1. The monoisotopic (exact) mass is 596 g/mol. The fourth-order valence-corrected chi connectivity index (χ4v) is 6.09. The summed E-state index contributed by atoms with van der Waals surface area (Å²) in [5.74, 6) is -0.972. The van der Waals surface area contributed by atoms with Gasteiger partial charge in [-0.2, -0.15) is 4.98 Å². The van der Waals surface area contributed by atoms with E-state index < -0.39 is 22.0 Å². The highest BCUT2D eigenvalue weighted by Crippen LogP contribution is 2.25. The first kappa shape index (κ1) is 30.5. The third-order valence-corrected chi connectivity index (χ3v) is 8.34. The number of nitrogens with zero attached hydrogens (tertiary/aromatic N) is 6. The zero-order chi connectivity index (χ0) is 30.6. The third kappa shape index (κ3) is 6.70. The van der Waals surface area contributed by atoms with Crippen LogP contribution < -0.4 is 20.6 Å². The molecular weight excluding hydrogens is 560 g/mol. The lowest BCUT2D eigenvalue weighted by Gasteiger charge is -2.22. The van der Waals surface area contributed by atoms with Crippen molar-refractivity contribution in [3.8, 4) is 5.69 Å². The van der Waals surface area contributed by atoms with E-state index in [9.17, 15) is 23.1 Å². The first-order valence-corrected chi connectivity index (χ1v) is 15.3. The van der Waals surface area contributed by atoms with Gasteiger partial charge in [-0.05, 0) is 49.6 Å². The Balaban J connectivity index is 1.64. The summed E-state index contributed by atoms with van der Waals surface area (Å²) in [4.78, 5) is 40.3. The van der Waals surface area contributed by atoms with Crippen molar-refractivity contribution < 1.29 is 18.3 Å². The average molecular weight is 597 g/mol. The smallest absolute Gasteiger partial charge is 0.334 e. The number of imidazole rings is 1. The fourth-order valence-electron chi connectivity index (χ4n) is 4.64. The summed E-state index contributed by atoms with van der Waals surface area (Å²) < 4.78 is 30.9. The Labute approximate surface area is 244 Å². The third-order valence-electron chi connectivity index (χ3n) is 6.70. The Morgan fingerprint density at radius 3 is 2.40 bits per heavy atom. The number of aliphatic carboxylic acids is 1. The second kappa shape index (κ2) is 12.6. The second-order valence-electron chi connectivity index (χ2n) is 10.3. The van der Waals surface area contributed by atoms with Gasteiger partial charge in [0.1, 0.15) is 11.7 Å². The minimum Gasteiger partial charge on any atom is -0.480 e. The summed E-state index contributed by atoms with van der Waals surface area (Å²) in [5.41, 5.74) is 2.30. The van der Waals surface area contributed by atoms with Crippen LogP contribution in [0.1, 0.15) is 33.3 Å². The molecule has 13 nitrogen and oxygen atoms in total. The zero-order valence-corrected chi connectivity index (χ0v) is 25.1. The summed E-state index contributed by atoms with van der Waals surface area (Å²) in [6, 6.07) is 9.39. The number of sulfonamides is 1. The second-order valence-corrected chi connectivity index (χ2v) is 12.1. The minimum atomic E-state index is -3.73. The van der Waals surface area contributed by atoms with Crippen LogP contribution in [-0.2, 0) is 28.3 Å². The van der Waals surface area contributed by atoms with Gasteiger partial charge in [0, 0.05) is 32.8 Å². The van der Waals surface area contributed by atoms with Crippen LogP contribution in [0.2, 0.25) is 0 Å². The summed E-state index contributed by atoms with van der Waals surface area (Å²) in [7, 11) is -2.05. The van der Waals surface area contributed by atoms with Crippen LogP contribution in [0.5, 0.6) is 0 Å². The Hall–Kier alpha value is -4.46. The number of hydrogen-bond donors (Lipinski definition) is 3. The first-order chi connectivity index (χ1) is 19.9. The maximum atomic E-state index is 12.9. The lowest BCUT2D eigenvalue weighted by atomic mass is 10.1. The minimum absolute atomic E-state index is 0.0566. The van der Waals surface area contributed by atoms with E-state index in [0.717, 1.165) is 0 Å². The van der Waals surface area contributed by atoms with Gasteiger partial charge in [-0.25, -0.2) is 32.5 Å². The molecule has 1 atom stereocenters. The number of carbonyl (C=O) groups is 1. The van der Waals surface area contributed by atoms with E-state index in [1.807, 2.05) is 24.8 Å². The highest BCUT2D eigenvalue weighted by Gasteiger charge is 2.24. The molecule has 0 aliphatic rings. The van der Waals surface area contributed by atoms with Crippen molar-refractivity contribution in [1.82, 2.24) is 24.1 Å². The molecular formula is C28H36N8O5S. The van der Waals surface area contributed by atoms with E-state index >= 15 is 0 Å². The van der Waals surface area contributed by atoms with E-state index in [1.54, 1.807) is 57.4 Å². The number of nitrogens with one attached hydrogen (secondary N) is 2. The molecule has 1 aromatic carbocycles. The van der Waals surface area contributed by atoms with Crippen molar-refractivity contribution in [3.05, 3.63) is 64.8 Å². The number of rotatable bonds is 13. The molecule has 14 heteroatoms. The predicted molar refractivity (Wildman–Crippen MR) is 163 cm³/mol. The lowest BCUT2D eigenvalue weighted by molar-refractivity contribution is -0.137. The normalized spacial score (nSPS) is 12.4. The van der Waals surface area contributed by atoms with E-state index in [2.05, 4.69) is 25.0 Å². The molecule has 0 aliphatic heterocycles. The Bertz CT molecular complexity index is 1730. The van der Waals surface area contributed by atoms with Gasteiger partial charge in [0.2, 0.25) is 16.0 Å². The molecule has 0 fully saturated rings. The van der Waals surface area contributed by atoms with E-state index in [0.29, 0.717) is 41.5 Å². The molecule has 42 heavy (non-hydrogen) atoms. The quantitative estimate of drug-likeness (QED) is 0.209. The van der Waals surface area contributed by atoms with E-state index in [-0.39, 0.29) is 35.3 Å². The Morgan fingerprint density at radius 2 is 1.79 bits per heavy atom. The maximum absolute atomic E-state index is 12.9. The number of hydrogen-bond acceptors (Lipinski definition) is 9. The molecule has 224 valence electrons. The summed E-state index contributed by atoms with van der Waals surface area (Å²) >= 11 is 0. The molecule has 0 aliphatic carbocycles. The molecule has 0 bridgehead atoms. The SMILES string of the molecule is CCN(CC)c1ncc(NS(=O)(=O)CC(C)C)c(N[C@@H](Cc2ccc(-n3c(=O)n(C)c4cccnc43)cc2)C(=O)O)n1. The maximum Gasteiger partial charge on any atom is 0.334 e. The number of pyridine rings is 1. The summed E-state index contributed by atoms with van der Waals surface area (Å²) in [6.45, 7) is 8.67. The molecule has 4 rings (SSSR count). The van der Waals surface area contributed by atoms with Crippen molar-refractivity contribution in [3.63, 3.8) is 0 Å². The molecule has 4 aromatic rings. The summed E-state index contributed by atoms with van der Waals surface area (Å²) in [6.07, 6.45) is 3.03. The van der Waals surface area contributed by atoms with Gasteiger partial charge in [-0.15, -0.1) is 0 Å². The average Bonchev–Trinajstić information content (AvgIpc) is 3.19. The Kier molecular flexibility index (Phi) is 9.14. The molecule has 0 spiro atoms. The van der Waals surface area contributed by atoms with Crippen molar-refractivity contribution in [1.29, 1.82) is 0 Å². The van der Waals surface area contributed by atoms with Gasteiger partial charge >= 0.3 is 11.7 Å². The van der Waals surface area contributed by atoms with Gasteiger partial charge in [-0.3, -0.25) is 9.29 Å². The molecule has 0 unspecified atom stereocenters. The lowest BCUT2D eigenvalue weighted by Crippen LogP contribution is -2.33. The van der Waals surface area contributed by atoms with Crippen LogP contribution >= 0.6 is 0 Å². The van der Waals surface area contributed by atoms with Gasteiger partial charge in [0.05, 0.1) is 23.2 Å². The highest BCUT2D eigenvalue weighted by molar-refractivity contribution is 7.92. The Morgan fingerprint density at radius 1 is 1.10 bits per heavy atom. The molecule has 0 saturated carbocycles. The first-order valence-electron chi connectivity index (χ1n) is 13.7. The number of aromatic nitrogens is 5. The molecule has 0 saturated heterocycles. The van der Waals surface area contributed by atoms with Crippen LogP contribution in [0.15, 0.2) is 53.6 Å². The van der Waals surface area contributed by atoms with Gasteiger partial charge < -0.3 is 15.3 Å². The van der Waals surface area contributed by atoms with Crippen LogP contribution in [0, 0.1) is 5.92 Å². The highest BCUT2D eigenvalue weighted by atomic mass is 32.2. The van der Waals surface area contributed by atoms with Crippen molar-refractivity contribution in [2.75, 3.05) is 33.8 Å². The van der Waals surface area contributed by atoms with Crippen LogP contribution in [0.3, 0.4) is 0 Å². The molecule has 0 amide bonds. The summed E-state index contributed by atoms with van der Waals surface area (Å²) in [5, 5.41) is 13.0. The molecule has 3 N–H and O–H groups in total. The molecule has 0 radical (unpaired) electrons. The van der Waals surface area contributed by atoms with Crippen LogP contribution in [0.25, 0.3) is 16.9 Å². The van der Waals surface area contributed by atoms with Crippen molar-refractivity contribution in [2.45, 2.75) is 40.2 Å². The topological polar surface area (TPSA) is 164 Å². The molecule has 3 heterocycles. The van der Waals surface area contributed by atoms with E-state index in [4.69, 9.17) is 0 Å². The number of anilines is 3. The largest absolute Gasteiger partial charge is 0.480 e. The number of benzene rings is 1. The predicted octanol–water partition coefficient (Wildman–Crippen LogP) is 2.87. The standard InChI is InChI=1S/C28H36N8O5S/c1-6-35(7-2)27-30-16-22(33-42(40,41)17-18(3)4)24(32-27)31-21(26(37)38)15-19-10-12-20(13-11-19)36-25-23(9-8-14-29-25)34(5)28(36)39/h8-14,16,18,21,33H,6-7,15,17H2,1-5H3,(H,37,38)(H,30,31,32)/t21-/m0/s1. The van der Waals surface area contributed by atoms with E-state index in [1.165, 1.54) is 15.3 Å².